The summed E-state index contributed by atoms with van der Waals surface area (Å²) in [5.41, 5.74) is 6.95. The van der Waals surface area contributed by atoms with E-state index in [1.165, 1.54) is 0 Å². The Bertz CT molecular complexity index is 1770. The number of carbonyl (C=O) groups is 1. The number of nitrogens with one attached hydrogen (secondary N) is 2. The summed E-state index contributed by atoms with van der Waals surface area (Å²) in [7, 11) is 0. The highest BCUT2D eigenvalue weighted by molar-refractivity contribution is 8.01. The molecule has 242 valence electrons. The zero-order valence-corrected chi connectivity index (χ0v) is 28.0. The lowest BCUT2D eigenvalue weighted by molar-refractivity contribution is -0.268. The van der Waals surface area contributed by atoms with Gasteiger partial charge in [-0.1, -0.05) is 121 Å². The van der Waals surface area contributed by atoms with Crippen LogP contribution in [0.2, 0.25) is 0 Å². The van der Waals surface area contributed by atoms with Crippen LogP contribution in [0.3, 0.4) is 0 Å². The molecule has 0 radical (unpaired) electrons. The highest BCUT2D eigenvalue weighted by Crippen LogP contribution is 2.43. The van der Waals surface area contributed by atoms with Gasteiger partial charge in [-0.05, 0) is 52.4 Å². The van der Waals surface area contributed by atoms with Crippen LogP contribution in [-0.2, 0) is 29.2 Å². The molecule has 2 heterocycles. The van der Waals surface area contributed by atoms with Gasteiger partial charge in [-0.2, -0.15) is 0 Å². The number of aliphatic hydroxyl groups excluding tert-OH is 1. The Kier molecular flexibility index (Phi) is 11.0. The van der Waals surface area contributed by atoms with Gasteiger partial charge >= 0.3 is 6.03 Å². The first-order valence-electron chi connectivity index (χ1n) is 15.6. The molecule has 1 aliphatic rings. The predicted molar refractivity (Wildman–Crippen MR) is 186 cm³/mol. The van der Waals surface area contributed by atoms with Gasteiger partial charge in [0.05, 0.1) is 18.8 Å². The fourth-order valence-corrected chi connectivity index (χ4v) is 7.55. The molecule has 10 heteroatoms. The molecule has 0 saturated carbocycles. The van der Waals surface area contributed by atoms with Crippen LogP contribution in [0.15, 0.2) is 107 Å². The van der Waals surface area contributed by atoms with E-state index in [1.54, 1.807) is 23.1 Å². The molecule has 1 aromatic heterocycles. The van der Waals surface area contributed by atoms with Crippen molar-refractivity contribution < 1.29 is 19.4 Å². The van der Waals surface area contributed by atoms with Crippen LogP contribution in [-0.4, -0.2) is 33.2 Å². The van der Waals surface area contributed by atoms with E-state index in [0.29, 0.717) is 18.8 Å². The third kappa shape index (κ3) is 8.65. The molecular weight excluding hydrogens is 629 g/mol. The van der Waals surface area contributed by atoms with Crippen LogP contribution in [0.1, 0.15) is 52.1 Å². The van der Waals surface area contributed by atoms with Crippen molar-refractivity contribution in [1.82, 2.24) is 20.8 Å². The Morgan fingerprint density at radius 1 is 0.809 bits per heavy atom. The van der Waals surface area contributed by atoms with Crippen LogP contribution >= 0.6 is 23.1 Å². The largest absolute Gasteiger partial charge is 0.392 e. The van der Waals surface area contributed by atoms with Crippen LogP contribution in [0.25, 0.3) is 11.1 Å². The number of hydrogen-bond donors (Lipinski definition) is 3. The second-order valence-electron chi connectivity index (χ2n) is 11.6. The van der Waals surface area contributed by atoms with E-state index in [1.807, 2.05) is 85.8 Å². The average molecular weight is 667 g/mol. The van der Waals surface area contributed by atoms with Crippen molar-refractivity contribution in [2.45, 2.75) is 56.4 Å². The first-order chi connectivity index (χ1) is 22.9. The number of nitrogens with zero attached hydrogens (tertiary/aromatic N) is 2. The van der Waals surface area contributed by atoms with E-state index in [-0.39, 0.29) is 30.8 Å². The number of thioether (sulfide) groups is 1. The van der Waals surface area contributed by atoms with E-state index in [4.69, 9.17) is 9.47 Å². The van der Waals surface area contributed by atoms with Gasteiger partial charge in [-0.3, -0.25) is 0 Å². The topological polar surface area (TPSA) is 106 Å². The normalized spacial score (nSPS) is 19.3. The molecule has 0 spiro atoms. The van der Waals surface area contributed by atoms with Crippen LogP contribution in [0.5, 0.6) is 0 Å². The summed E-state index contributed by atoms with van der Waals surface area (Å²) >= 11 is 3.25. The predicted octanol–water partition coefficient (Wildman–Crippen LogP) is 7.59. The minimum atomic E-state index is -0.575. The second kappa shape index (κ2) is 15.7. The first-order valence-corrected chi connectivity index (χ1v) is 17.4. The van der Waals surface area contributed by atoms with Crippen molar-refractivity contribution in [3.8, 4) is 11.1 Å². The summed E-state index contributed by atoms with van der Waals surface area (Å²) < 4.78 is 14.3. The maximum atomic E-state index is 12.4. The molecule has 4 aromatic carbocycles. The zero-order chi connectivity index (χ0) is 32.6. The van der Waals surface area contributed by atoms with Crippen LogP contribution in [0.4, 0.5) is 4.79 Å². The Morgan fingerprint density at radius 2 is 1.51 bits per heavy atom. The fourth-order valence-electron chi connectivity index (χ4n) is 5.55. The number of hydrogen-bond acceptors (Lipinski definition) is 8. The van der Waals surface area contributed by atoms with Crippen molar-refractivity contribution in [1.29, 1.82) is 0 Å². The minimum Gasteiger partial charge on any atom is -0.392 e. The average Bonchev–Trinajstić information content (AvgIpc) is 3.54. The number of carbonyl (C=O) groups excluding carboxylic acids is 1. The molecule has 1 aliphatic heterocycles. The molecule has 2 amide bonds. The van der Waals surface area contributed by atoms with Gasteiger partial charge in [0.15, 0.2) is 10.6 Å². The molecule has 47 heavy (non-hydrogen) atoms. The molecular formula is C37H38N4O4S2. The van der Waals surface area contributed by atoms with Gasteiger partial charge in [0.1, 0.15) is 5.01 Å². The molecule has 0 bridgehead atoms. The smallest absolute Gasteiger partial charge is 0.315 e. The molecule has 1 fully saturated rings. The monoisotopic (exact) mass is 666 g/mol. The Labute approximate surface area is 283 Å². The van der Waals surface area contributed by atoms with E-state index < -0.39 is 6.29 Å². The molecule has 8 nitrogen and oxygen atoms in total. The number of aryl methyl sites for hydroxylation is 1. The maximum absolute atomic E-state index is 12.4. The highest BCUT2D eigenvalue weighted by Gasteiger charge is 2.38. The Balaban J connectivity index is 1.17. The summed E-state index contributed by atoms with van der Waals surface area (Å²) in [4.78, 5) is 12.4. The van der Waals surface area contributed by atoms with Crippen LogP contribution < -0.4 is 10.6 Å². The van der Waals surface area contributed by atoms with Crippen molar-refractivity contribution in [3.05, 3.63) is 136 Å². The lowest BCUT2D eigenvalue weighted by atomic mass is 9.91. The van der Waals surface area contributed by atoms with E-state index in [9.17, 15) is 9.90 Å². The molecule has 5 aromatic rings. The van der Waals surface area contributed by atoms with Gasteiger partial charge in [-0.15, -0.1) is 10.2 Å². The van der Waals surface area contributed by atoms with Gasteiger partial charge in [-0.25, -0.2) is 4.79 Å². The van der Waals surface area contributed by atoms with Gasteiger partial charge in [0, 0.05) is 30.3 Å². The van der Waals surface area contributed by atoms with Crippen molar-refractivity contribution in [2.75, 3.05) is 5.75 Å². The molecule has 0 unspecified atom stereocenters. The number of amides is 2. The molecule has 1 saturated heterocycles. The minimum absolute atomic E-state index is 0.000858. The number of aromatic nitrogens is 2. The van der Waals surface area contributed by atoms with Crippen molar-refractivity contribution in [2.24, 2.45) is 5.92 Å². The number of benzene rings is 4. The summed E-state index contributed by atoms with van der Waals surface area (Å²) in [5.74, 6) is 0.791. The van der Waals surface area contributed by atoms with Crippen LogP contribution in [0, 0.1) is 12.8 Å². The zero-order valence-electron chi connectivity index (χ0n) is 26.3. The van der Waals surface area contributed by atoms with Gasteiger partial charge in [0.2, 0.25) is 0 Å². The quantitative estimate of drug-likeness (QED) is 0.125. The van der Waals surface area contributed by atoms with E-state index >= 15 is 0 Å². The Hall–Kier alpha value is -4.06. The number of urea groups is 1. The summed E-state index contributed by atoms with van der Waals surface area (Å²) in [6, 6.07) is 34.0. The van der Waals surface area contributed by atoms with Gasteiger partial charge in [0.25, 0.3) is 0 Å². The third-order valence-electron chi connectivity index (χ3n) is 8.17. The van der Waals surface area contributed by atoms with Crippen molar-refractivity contribution in [3.63, 3.8) is 0 Å². The SMILES string of the molecule is Cc1nnc(SC[C@H]2O[C@@H](c3cccc(-c4cccc(CNC(=O)NCc5ccccc5)c4)c3)O[C@@H](c3ccc(CO)cc3)[C@H]2C)s1. The highest BCUT2D eigenvalue weighted by atomic mass is 32.2. The standard InChI is InChI=1S/C37H38N4O4S2/c1-24-33(23-46-37-41-40-25(2)47-37)44-35(45-34(24)29-16-14-27(22-42)15-17-29)32-13-7-12-31(19-32)30-11-6-10-28(18-30)21-39-36(43)38-20-26-8-4-3-5-9-26/h3-19,24,33-35,42H,20-23H2,1-2H3,(H2,38,39,43)/t24-,33+,34+,35+/m0/s1. The summed E-state index contributed by atoms with van der Waals surface area (Å²) in [6.45, 7) is 5.00. The second-order valence-corrected chi connectivity index (χ2v) is 14.0. The fraction of sp³-hybridized carbons (Fsp3) is 0.270. The van der Waals surface area contributed by atoms with E-state index in [2.05, 4.69) is 52.0 Å². The molecule has 6 rings (SSSR count). The number of ether oxygens (including phenoxy) is 2. The maximum Gasteiger partial charge on any atom is 0.315 e. The number of rotatable bonds is 11. The molecule has 0 aliphatic carbocycles. The molecule has 4 atom stereocenters. The lowest BCUT2D eigenvalue weighted by Crippen LogP contribution is -2.38. The van der Waals surface area contributed by atoms with E-state index in [0.717, 1.165) is 48.3 Å². The lowest BCUT2D eigenvalue weighted by Gasteiger charge is -2.41. The summed E-state index contributed by atoms with van der Waals surface area (Å²) in [5, 5.41) is 24.8. The molecule has 3 N–H and O–H groups in total. The third-order valence-corrected chi connectivity index (χ3v) is 10.2. The number of aliphatic hydroxyl groups is 1. The summed E-state index contributed by atoms with van der Waals surface area (Å²) in [6.07, 6.45) is -0.875. The van der Waals surface area contributed by atoms with Gasteiger partial charge < -0.3 is 25.2 Å². The van der Waals surface area contributed by atoms with Crippen molar-refractivity contribution >= 4 is 29.1 Å². The Morgan fingerprint density at radius 3 is 2.23 bits per heavy atom. The first kappa shape index (κ1) is 32.9.